The van der Waals surface area contributed by atoms with Gasteiger partial charge < -0.3 is 0 Å². The van der Waals surface area contributed by atoms with Crippen LogP contribution in [-0.2, 0) is 0 Å². The number of benzene rings is 1. The molecule has 0 aliphatic heterocycles. The number of nitrogens with zero attached hydrogens (tertiary/aromatic N) is 2. The monoisotopic (exact) mass is 388 g/mol. The molecule has 1 aromatic heterocycles. The van der Waals surface area contributed by atoms with Gasteiger partial charge in [0.25, 0.3) is 5.69 Å². The zero-order valence-corrected chi connectivity index (χ0v) is 13.4. The predicted octanol–water partition coefficient (Wildman–Crippen LogP) is 6.06. The van der Waals surface area contributed by atoms with Crippen molar-refractivity contribution in [2.75, 3.05) is 0 Å². The molecule has 0 saturated carbocycles. The Hall–Kier alpha value is -0.850. The molecule has 21 heavy (non-hydrogen) atoms. The second-order valence-electron chi connectivity index (χ2n) is 3.72. The molecule has 1 heterocycles. The maximum Gasteiger partial charge on any atom is 0.298 e. The zero-order chi connectivity index (χ0) is 15.9. The number of rotatable bonds is 2. The van der Waals surface area contributed by atoms with E-state index in [0.29, 0.717) is 6.07 Å². The van der Waals surface area contributed by atoms with Crippen molar-refractivity contribution < 1.29 is 9.31 Å². The first kappa shape index (κ1) is 16.5. The Balaban J connectivity index is 2.89. The topological polar surface area (TPSA) is 56.0 Å². The highest BCUT2D eigenvalue weighted by atomic mass is 35.5. The van der Waals surface area contributed by atoms with E-state index in [1.165, 1.54) is 0 Å². The minimum atomic E-state index is -0.885. The van der Waals surface area contributed by atoms with E-state index in [4.69, 9.17) is 58.0 Å². The van der Waals surface area contributed by atoms with E-state index in [0.717, 1.165) is 6.20 Å². The lowest BCUT2D eigenvalue weighted by Crippen LogP contribution is -1.98. The van der Waals surface area contributed by atoms with Crippen molar-refractivity contribution >= 4 is 63.7 Å². The van der Waals surface area contributed by atoms with Crippen molar-refractivity contribution in [1.29, 1.82) is 0 Å². The summed E-state index contributed by atoms with van der Waals surface area (Å²) in [6.45, 7) is 0. The summed E-state index contributed by atoms with van der Waals surface area (Å²) in [7, 11) is 0. The quantitative estimate of drug-likeness (QED) is 0.271. The summed E-state index contributed by atoms with van der Waals surface area (Å²) < 4.78 is 13.1. The van der Waals surface area contributed by atoms with Gasteiger partial charge in [0.05, 0.1) is 42.3 Å². The van der Waals surface area contributed by atoms with Crippen LogP contribution < -0.4 is 0 Å². The fraction of sp³-hybridized carbons (Fsp3) is 0. The first-order chi connectivity index (χ1) is 9.75. The Kier molecular flexibility index (Phi) is 4.80. The third-order valence-electron chi connectivity index (χ3n) is 2.48. The Morgan fingerprint density at radius 1 is 1.00 bits per heavy atom. The van der Waals surface area contributed by atoms with Crippen LogP contribution in [0.2, 0.25) is 25.1 Å². The molecule has 0 spiro atoms. The maximum absolute atomic E-state index is 13.1. The van der Waals surface area contributed by atoms with Gasteiger partial charge in [-0.1, -0.05) is 58.0 Å². The molecule has 0 saturated heterocycles. The lowest BCUT2D eigenvalue weighted by molar-refractivity contribution is -0.384. The van der Waals surface area contributed by atoms with Gasteiger partial charge >= 0.3 is 0 Å². The summed E-state index contributed by atoms with van der Waals surface area (Å²) in [6, 6.07) is 0.686. The SMILES string of the molecule is O=[N+]([O-])c1cc(F)cnc1-c1c(Cl)c(Cl)c(Cl)c(Cl)c1Cl. The van der Waals surface area contributed by atoms with Gasteiger partial charge in [-0.3, -0.25) is 10.1 Å². The first-order valence-corrected chi connectivity index (χ1v) is 6.96. The average Bonchev–Trinajstić information content (AvgIpc) is 2.44. The summed E-state index contributed by atoms with van der Waals surface area (Å²) in [5.41, 5.74) is -0.991. The molecule has 2 rings (SSSR count). The molecule has 0 N–H and O–H groups in total. The predicted molar refractivity (Wildman–Crippen MR) is 81.3 cm³/mol. The van der Waals surface area contributed by atoms with Gasteiger partial charge in [0.2, 0.25) is 0 Å². The van der Waals surface area contributed by atoms with Gasteiger partial charge in [0, 0.05) is 5.56 Å². The lowest BCUT2D eigenvalue weighted by atomic mass is 10.1. The molecular formula is C11H2Cl5FN2O2. The van der Waals surface area contributed by atoms with Crippen LogP contribution in [0.15, 0.2) is 12.3 Å². The van der Waals surface area contributed by atoms with Gasteiger partial charge in [-0.05, 0) is 0 Å². The van der Waals surface area contributed by atoms with Crippen molar-refractivity contribution in [1.82, 2.24) is 4.98 Å². The van der Waals surface area contributed by atoms with Crippen molar-refractivity contribution in [2.45, 2.75) is 0 Å². The number of hydrogen-bond donors (Lipinski definition) is 0. The molecule has 0 radical (unpaired) electrons. The molecule has 0 amide bonds. The molecule has 4 nitrogen and oxygen atoms in total. The van der Waals surface area contributed by atoms with Crippen LogP contribution in [0.1, 0.15) is 0 Å². The molecule has 1 aromatic carbocycles. The second kappa shape index (κ2) is 6.10. The standard InChI is InChI=1S/C11H2Cl5FN2O2/c12-6-5(7(13)9(15)10(16)8(6)14)11-4(19(20)21)1-3(17)2-18-11/h1-2H. The molecular weight excluding hydrogens is 388 g/mol. The van der Waals surface area contributed by atoms with Gasteiger partial charge in [-0.25, -0.2) is 9.37 Å². The lowest BCUT2D eigenvalue weighted by Gasteiger charge is -2.12. The van der Waals surface area contributed by atoms with E-state index in [2.05, 4.69) is 4.98 Å². The second-order valence-corrected chi connectivity index (χ2v) is 5.61. The molecule has 0 bridgehead atoms. The average molecular weight is 390 g/mol. The van der Waals surface area contributed by atoms with Crippen LogP contribution in [0.4, 0.5) is 10.1 Å². The van der Waals surface area contributed by atoms with Crippen LogP contribution >= 0.6 is 58.0 Å². The van der Waals surface area contributed by atoms with Gasteiger partial charge in [-0.15, -0.1) is 0 Å². The van der Waals surface area contributed by atoms with Crippen LogP contribution in [0, 0.1) is 15.9 Å². The molecule has 0 fully saturated rings. The van der Waals surface area contributed by atoms with E-state index in [-0.39, 0.29) is 36.4 Å². The summed E-state index contributed by atoms with van der Waals surface area (Å²) in [5.74, 6) is -0.885. The molecule has 0 aliphatic carbocycles. The highest BCUT2D eigenvalue weighted by Gasteiger charge is 2.27. The molecule has 10 heteroatoms. The van der Waals surface area contributed by atoms with Gasteiger partial charge in [0.1, 0.15) is 5.82 Å². The largest absolute Gasteiger partial charge is 0.298 e. The molecule has 110 valence electrons. The third kappa shape index (κ3) is 2.89. The first-order valence-electron chi connectivity index (χ1n) is 5.07. The highest BCUT2D eigenvalue weighted by Crippen LogP contribution is 2.49. The maximum atomic E-state index is 13.1. The fourth-order valence-corrected chi connectivity index (χ4v) is 2.89. The van der Waals surface area contributed by atoms with E-state index < -0.39 is 16.4 Å². The smallest absolute Gasteiger partial charge is 0.258 e. The van der Waals surface area contributed by atoms with Crippen molar-refractivity contribution in [2.24, 2.45) is 0 Å². The van der Waals surface area contributed by atoms with Gasteiger partial charge in [-0.2, -0.15) is 0 Å². The molecule has 2 aromatic rings. The van der Waals surface area contributed by atoms with Crippen molar-refractivity contribution in [3.63, 3.8) is 0 Å². The minimum absolute atomic E-state index is 0.0931. The van der Waals surface area contributed by atoms with Gasteiger partial charge in [0.15, 0.2) is 5.69 Å². The number of aromatic nitrogens is 1. The van der Waals surface area contributed by atoms with E-state index >= 15 is 0 Å². The van der Waals surface area contributed by atoms with E-state index in [1.54, 1.807) is 0 Å². The molecule has 0 atom stereocenters. The summed E-state index contributed by atoms with van der Waals surface area (Å²) >= 11 is 29.6. The number of pyridine rings is 1. The highest BCUT2D eigenvalue weighted by molar-refractivity contribution is 6.56. The van der Waals surface area contributed by atoms with Crippen molar-refractivity contribution in [3.8, 4) is 11.3 Å². The normalized spacial score (nSPS) is 10.8. The van der Waals surface area contributed by atoms with Crippen LogP contribution in [0.25, 0.3) is 11.3 Å². The number of nitro groups is 1. The van der Waals surface area contributed by atoms with Crippen LogP contribution in [-0.4, -0.2) is 9.91 Å². The molecule has 0 unspecified atom stereocenters. The van der Waals surface area contributed by atoms with Crippen LogP contribution in [0.5, 0.6) is 0 Å². The Labute approximate surface area is 142 Å². The molecule has 0 aliphatic rings. The van der Waals surface area contributed by atoms with E-state index in [9.17, 15) is 14.5 Å². The summed E-state index contributed by atoms with van der Waals surface area (Å²) in [4.78, 5) is 13.9. The summed E-state index contributed by atoms with van der Waals surface area (Å²) in [6.07, 6.45) is 0.783. The Morgan fingerprint density at radius 3 is 1.95 bits per heavy atom. The number of hydrogen-bond acceptors (Lipinski definition) is 3. The summed E-state index contributed by atoms with van der Waals surface area (Å²) in [5, 5.41) is 10.3. The third-order valence-corrected chi connectivity index (χ3v) is 4.75. The van der Waals surface area contributed by atoms with Crippen molar-refractivity contribution in [3.05, 3.63) is 53.3 Å². The Bertz CT molecular complexity index is 740. The fourth-order valence-electron chi connectivity index (χ4n) is 1.57. The Morgan fingerprint density at radius 2 is 1.48 bits per heavy atom. The zero-order valence-electron chi connectivity index (χ0n) is 9.63. The van der Waals surface area contributed by atoms with E-state index in [1.807, 2.05) is 0 Å². The number of halogens is 6. The van der Waals surface area contributed by atoms with Crippen LogP contribution in [0.3, 0.4) is 0 Å². The minimum Gasteiger partial charge on any atom is -0.258 e.